The van der Waals surface area contributed by atoms with E-state index in [4.69, 9.17) is 28.9 Å². The molecular weight excluding hydrogens is 283 g/mol. The summed E-state index contributed by atoms with van der Waals surface area (Å²) in [5.74, 6) is 0.373. The molecular formula is C14H18Cl2N2O. The zero-order chi connectivity index (χ0) is 14.0. The molecule has 1 aromatic rings. The zero-order valence-electron chi connectivity index (χ0n) is 10.9. The molecule has 104 valence electrons. The van der Waals surface area contributed by atoms with Crippen molar-refractivity contribution in [2.75, 3.05) is 13.1 Å². The van der Waals surface area contributed by atoms with Gasteiger partial charge in [-0.2, -0.15) is 0 Å². The molecule has 19 heavy (non-hydrogen) atoms. The predicted molar refractivity (Wildman–Crippen MR) is 78.7 cm³/mol. The lowest BCUT2D eigenvalue weighted by molar-refractivity contribution is 0.0533. The van der Waals surface area contributed by atoms with E-state index in [0.29, 0.717) is 28.1 Å². The summed E-state index contributed by atoms with van der Waals surface area (Å²) in [7, 11) is 0. The molecule has 0 saturated carbocycles. The molecule has 1 aliphatic rings. The fourth-order valence-electron chi connectivity index (χ4n) is 2.68. The van der Waals surface area contributed by atoms with Crippen molar-refractivity contribution in [3.8, 4) is 0 Å². The Kier molecular flexibility index (Phi) is 4.71. The topological polar surface area (TPSA) is 46.3 Å². The Labute approximate surface area is 123 Å². The van der Waals surface area contributed by atoms with Crippen LogP contribution >= 0.6 is 23.2 Å². The van der Waals surface area contributed by atoms with Crippen molar-refractivity contribution in [1.82, 2.24) is 4.90 Å². The van der Waals surface area contributed by atoms with Gasteiger partial charge in [-0.3, -0.25) is 4.79 Å². The molecule has 0 bridgehead atoms. The van der Waals surface area contributed by atoms with E-state index in [9.17, 15) is 4.79 Å². The van der Waals surface area contributed by atoms with Gasteiger partial charge in [-0.05, 0) is 37.0 Å². The van der Waals surface area contributed by atoms with Gasteiger partial charge in [-0.1, -0.05) is 30.1 Å². The van der Waals surface area contributed by atoms with Crippen LogP contribution in [-0.2, 0) is 0 Å². The number of amides is 1. The first-order chi connectivity index (χ1) is 9.04. The molecule has 3 nitrogen and oxygen atoms in total. The van der Waals surface area contributed by atoms with Crippen LogP contribution in [0.5, 0.6) is 0 Å². The Morgan fingerprint density at radius 2 is 2.21 bits per heavy atom. The molecule has 0 aromatic heterocycles. The minimum atomic E-state index is -0.0522. The zero-order valence-corrected chi connectivity index (χ0v) is 12.4. The molecule has 2 rings (SSSR count). The molecule has 1 amide bonds. The van der Waals surface area contributed by atoms with Crippen molar-refractivity contribution in [2.45, 2.75) is 25.8 Å². The molecule has 1 aromatic carbocycles. The maximum absolute atomic E-state index is 12.6. The monoisotopic (exact) mass is 300 g/mol. The Bertz CT molecular complexity index is 479. The summed E-state index contributed by atoms with van der Waals surface area (Å²) in [6.07, 6.45) is 2.12. The van der Waals surface area contributed by atoms with Gasteiger partial charge in [0.25, 0.3) is 5.91 Å². The lowest BCUT2D eigenvalue weighted by Crippen LogP contribution is -2.51. The van der Waals surface area contributed by atoms with Gasteiger partial charge in [-0.25, -0.2) is 0 Å². The fourth-order valence-corrected chi connectivity index (χ4v) is 3.17. The molecule has 5 heteroatoms. The van der Waals surface area contributed by atoms with Crippen LogP contribution in [0.15, 0.2) is 18.2 Å². The van der Waals surface area contributed by atoms with Crippen molar-refractivity contribution >= 4 is 29.1 Å². The van der Waals surface area contributed by atoms with Crippen molar-refractivity contribution in [3.05, 3.63) is 33.8 Å². The average molecular weight is 301 g/mol. The first-order valence-electron chi connectivity index (χ1n) is 6.50. The van der Waals surface area contributed by atoms with Crippen molar-refractivity contribution in [1.29, 1.82) is 0 Å². The van der Waals surface area contributed by atoms with Gasteiger partial charge in [0.2, 0.25) is 0 Å². The van der Waals surface area contributed by atoms with E-state index in [1.807, 2.05) is 4.90 Å². The van der Waals surface area contributed by atoms with E-state index in [1.165, 1.54) is 0 Å². The van der Waals surface area contributed by atoms with Gasteiger partial charge >= 0.3 is 0 Å². The second-order valence-corrected chi connectivity index (χ2v) is 5.89. The van der Waals surface area contributed by atoms with E-state index in [1.54, 1.807) is 18.2 Å². The van der Waals surface area contributed by atoms with Crippen LogP contribution in [0.25, 0.3) is 0 Å². The van der Waals surface area contributed by atoms with Crippen LogP contribution < -0.4 is 5.73 Å². The largest absolute Gasteiger partial charge is 0.334 e. The Morgan fingerprint density at radius 1 is 1.47 bits per heavy atom. The third kappa shape index (κ3) is 3.04. The Hall–Kier alpha value is -0.770. The SMILES string of the molecule is CC1CCCN(C(=O)c2ccc(Cl)cc2Cl)C1CN. The molecule has 1 aliphatic heterocycles. The molecule has 1 saturated heterocycles. The van der Waals surface area contributed by atoms with E-state index in [2.05, 4.69) is 6.92 Å². The highest BCUT2D eigenvalue weighted by Gasteiger charge is 2.31. The molecule has 0 spiro atoms. The van der Waals surface area contributed by atoms with Crippen LogP contribution in [0.4, 0.5) is 0 Å². The predicted octanol–water partition coefficient (Wildman–Crippen LogP) is 3.19. The van der Waals surface area contributed by atoms with Crippen molar-refractivity contribution in [2.24, 2.45) is 11.7 Å². The lowest BCUT2D eigenvalue weighted by atomic mass is 9.90. The summed E-state index contributed by atoms with van der Waals surface area (Å²) in [6.45, 7) is 3.36. The number of carbonyl (C=O) groups excluding carboxylic acids is 1. The Morgan fingerprint density at radius 3 is 2.84 bits per heavy atom. The normalized spacial score (nSPS) is 23.5. The highest BCUT2D eigenvalue weighted by molar-refractivity contribution is 6.36. The molecule has 1 heterocycles. The lowest BCUT2D eigenvalue weighted by Gasteiger charge is -2.39. The van der Waals surface area contributed by atoms with Gasteiger partial charge in [0, 0.05) is 24.2 Å². The quantitative estimate of drug-likeness (QED) is 0.912. The third-order valence-corrected chi connectivity index (χ3v) is 4.33. The van der Waals surface area contributed by atoms with Gasteiger partial charge in [0.05, 0.1) is 10.6 Å². The van der Waals surface area contributed by atoms with Crippen molar-refractivity contribution in [3.63, 3.8) is 0 Å². The van der Waals surface area contributed by atoms with E-state index >= 15 is 0 Å². The highest BCUT2D eigenvalue weighted by atomic mass is 35.5. The molecule has 0 radical (unpaired) electrons. The summed E-state index contributed by atoms with van der Waals surface area (Å²) in [4.78, 5) is 14.4. The first-order valence-corrected chi connectivity index (χ1v) is 7.26. The van der Waals surface area contributed by atoms with Crippen molar-refractivity contribution < 1.29 is 4.79 Å². The maximum Gasteiger partial charge on any atom is 0.255 e. The average Bonchev–Trinajstić information content (AvgIpc) is 2.37. The smallest absolute Gasteiger partial charge is 0.255 e. The number of nitrogens with two attached hydrogens (primary N) is 1. The fraction of sp³-hybridized carbons (Fsp3) is 0.500. The number of halogens is 2. The number of hydrogen-bond donors (Lipinski definition) is 1. The highest BCUT2D eigenvalue weighted by Crippen LogP contribution is 2.27. The number of rotatable bonds is 2. The molecule has 2 unspecified atom stereocenters. The number of likely N-dealkylation sites (tertiary alicyclic amines) is 1. The molecule has 1 fully saturated rings. The molecule has 2 atom stereocenters. The van der Waals surface area contributed by atoms with Crippen LogP contribution in [0.3, 0.4) is 0 Å². The Balaban J connectivity index is 2.27. The first kappa shape index (κ1) is 14.6. The van der Waals surface area contributed by atoms with Crippen LogP contribution in [0.2, 0.25) is 10.0 Å². The summed E-state index contributed by atoms with van der Waals surface area (Å²) >= 11 is 12.0. The van der Waals surface area contributed by atoms with Gasteiger partial charge in [0.1, 0.15) is 0 Å². The molecule has 0 aliphatic carbocycles. The number of hydrogen-bond acceptors (Lipinski definition) is 2. The second kappa shape index (κ2) is 6.12. The number of benzene rings is 1. The minimum Gasteiger partial charge on any atom is -0.334 e. The minimum absolute atomic E-state index is 0.0522. The van der Waals surface area contributed by atoms with Gasteiger partial charge in [0.15, 0.2) is 0 Å². The second-order valence-electron chi connectivity index (χ2n) is 5.05. The van der Waals surface area contributed by atoms with Gasteiger partial charge < -0.3 is 10.6 Å². The summed E-state index contributed by atoms with van der Waals surface area (Å²) in [6, 6.07) is 5.06. The van der Waals surface area contributed by atoms with Crippen LogP contribution in [0.1, 0.15) is 30.1 Å². The molecule has 2 N–H and O–H groups in total. The summed E-state index contributed by atoms with van der Waals surface area (Å²) in [5.41, 5.74) is 6.31. The summed E-state index contributed by atoms with van der Waals surface area (Å²) in [5, 5.41) is 0.926. The van der Waals surface area contributed by atoms with Crippen LogP contribution in [0, 0.1) is 5.92 Å². The number of carbonyl (C=O) groups is 1. The number of piperidine rings is 1. The van der Waals surface area contributed by atoms with E-state index in [-0.39, 0.29) is 11.9 Å². The van der Waals surface area contributed by atoms with E-state index in [0.717, 1.165) is 19.4 Å². The van der Waals surface area contributed by atoms with E-state index < -0.39 is 0 Å². The van der Waals surface area contributed by atoms with Gasteiger partial charge in [-0.15, -0.1) is 0 Å². The summed E-state index contributed by atoms with van der Waals surface area (Å²) < 4.78 is 0. The van der Waals surface area contributed by atoms with Crippen LogP contribution in [-0.4, -0.2) is 29.9 Å². The maximum atomic E-state index is 12.6. The standard InChI is InChI=1S/C14H18Cl2N2O/c1-9-3-2-6-18(13(9)8-17)14(19)11-5-4-10(15)7-12(11)16/h4-5,7,9,13H,2-3,6,8,17H2,1H3. The third-order valence-electron chi connectivity index (χ3n) is 3.78. The number of nitrogens with zero attached hydrogens (tertiary/aromatic N) is 1.